The van der Waals surface area contributed by atoms with Gasteiger partial charge in [-0.25, -0.2) is 4.98 Å². The quantitative estimate of drug-likeness (QED) is 0.749. The minimum atomic E-state index is -0.365. The van der Waals surface area contributed by atoms with Gasteiger partial charge in [-0.1, -0.05) is 6.07 Å². The molecule has 1 aromatic heterocycles. The first-order valence-electron chi connectivity index (χ1n) is 4.62. The van der Waals surface area contributed by atoms with E-state index < -0.39 is 0 Å². The maximum Gasteiger partial charge on any atom is 0.213 e. The molecule has 0 fully saturated rings. The summed E-state index contributed by atoms with van der Waals surface area (Å²) in [6, 6.07) is 3.20. The van der Waals surface area contributed by atoms with Gasteiger partial charge in [0.05, 0.1) is 18.8 Å². The fourth-order valence-corrected chi connectivity index (χ4v) is 1.03. The van der Waals surface area contributed by atoms with Gasteiger partial charge in [-0.15, -0.1) is 0 Å². The highest BCUT2D eigenvalue weighted by Gasteiger charge is 2.05. The zero-order chi connectivity index (χ0) is 10.6. The lowest BCUT2D eigenvalue weighted by Crippen LogP contribution is -2.15. The maximum absolute atomic E-state index is 8.82. The van der Waals surface area contributed by atoms with Crippen molar-refractivity contribution >= 4 is 0 Å². The standard InChI is InChI=1S/C10H16N2O2/c1-7(2)14-10-4-3-8(5-12-10)9(11)6-13/h3-5,7,9,13H,6,11H2,1-2H3. The van der Waals surface area contributed by atoms with Crippen LogP contribution in [0, 0.1) is 0 Å². The van der Waals surface area contributed by atoms with Crippen LogP contribution in [0.1, 0.15) is 25.5 Å². The molecule has 0 spiro atoms. The Morgan fingerprint density at radius 2 is 2.21 bits per heavy atom. The minimum absolute atomic E-state index is 0.0773. The van der Waals surface area contributed by atoms with Crippen molar-refractivity contribution in [2.24, 2.45) is 5.73 Å². The van der Waals surface area contributed by atoms with E-state index in [1.807, 2.05) is 19.9 Å². The Bertz CT molecular complexity index is 272. The number of nitrogens with two attached hydrogens (primary N) is 1. The molecule has 1 rings (SSSR count). The number of pyridine rings is 1. The molecule has 1 aromatic rings. The Kier molecular flexibility index (Phi) is 3.85. The molecule has 0 bridgehead atoms. The minimum Gasteiger partial charge on any atom is -0.475 e. The highest BCUT2D eigenvalue weighted by Crippen LogP contribution is 2.13. The van der Waals surface area contributed by atoms with Gasteiger partial charge in [0.25, 0.3) is 0 Å². The number of aliphatic hydroxyl groups is 1. The number of nitrogens with zero attached hydrogens (tertiary/aromatic N) is 1. The molecular weight excluding hydrogens is 180 g/mol. The zero-order valence-corrected chi connectivity index (χ0v) is 8.47. The fraction of sp³-hybridized carbons (Fsp3) is 0.500. The summed E-state index contributed by atoms with van der Waals surface area (Å²) in [6.45, 7) is 3.80. The lowest BCUT2D eigenvalue weighted by Gasteiger charge is -2.11. The molecule has 3 N–H and O–H groups in total. The number of ether oxygens (including phenoxy) is 1. The Balaban J connectivity index is 2.68. The van der Waals surface area contributed by atoms with Gasteiger partial charge in [-0.05, 0) is 19.4 Å². The van der Waals surface area contributed by atoms with Crippen molar-refractivity contribution in [2.45, 2.75) is 26.0 Å². The third-order valence-corrected chi connectivity index (χ3v) is 1.74. The van der Waals surface area contributed by atoms with Crippen LogP contribution < -0.4 is 10.5 Å². The summed E-state index contributed by atoms with van der Waals surface area (Å²) < 4.78 is 5.37. The van der Waals surface area contributed by atoms with E-state index in [0.29, 0.717) is 5.88 Å². The molecule has 0 saturated carbocycles. The first kappa shape index (κ1) is 10.9. The van der Waals surface area contributed by atoms with Gasteiger partial charge in [0.2, 0.25) is 5.88 Å². The highest BCUT2D eigenvalue weighted by atomic mass is 16.5. The van der Waals surface area contributed by atoms with Crippen molar-refractivity contribution in [2.75, 3.05) is 6.61 Å². The number of aromatic nitrogens is 1. The van der Waals surface area contributed by atoms with Gasteiger partial charge in [0.15, 0.2) is 0 Å². The van der Waals surface area contributed by atoms with E-state index in [-0.39, 0.29) is 18.8 Å². The van der Waals surface area contributed by atoms with Crippen LogP contribution in [0.3, 0.4) is 0 Å². The van der Waals surface area contributed by atoms with Crippen LogP contribution in [0.4, 0.5) is 0 Å². The monoisotopic (exact) mass is 196 g/mol. The molecule has 0 aliphatic heterocycles. The number of hydrogen-bond donors (Lipinski definition) is 2. The molecule has 0 aliphatic carbocycles. The van der Waals surface area contributed by atoms with Crippen molar-refractivity contribution in [3.05, 3.63) is 23.9 Å². The van der Waals surface area contributed by atoms with Crippen molar-refractivity contribution in [1.29, 1.82) is 0 Å². The van der Waals surface area contributed by atoms with Crippen LogP contribution in [0.2, 0.25) is 0 Å². The molecule has 0 saturated heterocycles. The molecule has 0 aliphatic rings. The average molecular weight is 196 g/mol. The molecule has 14 heavy (non-hydrogen) atoms. The van der Waals surface area contributed by atoms with Crippen LogP contribution in [0.5, 0.6) is 5.88 Å². The molecule has 4 nitrogen and oxygen atoms in total. The summed E-state index contributed by atoms with van der Waals surface area (Å²) in [5.41, 5.74) is 6.42. The van der Waals surface area contributed by atoms with Gasteiger partial charge >= 0.3 is 0 Å². The molecule has 0 radical (unpaired) electrons. The second-order valence-electron chi connectivity index (χ2n) is 3.39. The van der Waals surface area contributed by atoms with E-state index in [2.05, 4.69) is 4.98 Å². The molecule has 0 amide bonds. The molecule has 0 aromatic carbocycles. The van der Waals surface area contributed by atoms with E-state index in [9.17, 15) is 0 Å². The first-order valence-corrected chi connectivity index (χ1v) is 4.62. The molecule has 1 heterocycles. The second kappa shape index (κ2) is 4.93. The van der Waals surface area contributed by atoms with Crippen LogP contribution in [-0.4, -0.2) is 22.8 Å². The predicted octanol–water partition coefficient (Wildman–Crippen LogP) is 0.861. The largest absolute Gasteiger partial charge is 0.475 e. The second-order valence-corrected chi connectivity index (χ2v) is 3.39. The topological polar surface area (TPSA) is 68.4 Å². The Hall–Kier alpha value is -1.13. The van der Waals surface area contributed by atoms with Gasteiger partial charge < -0.3 is 15.6 Å². The maximum atomic E-state index is 8.82. The summed E-state index contributed by atoms with van der Waals surface area (Å²) >= 11 is 0. The summed E-state index contributed by atoms with van der Waals surface area (Å²) in [4.78, 5) is 4.07. The SMILES string of the molecule is CC(C)Oc1ccc(C(N)CO)cn1. The van der Waals surface area contributed by atoms with E-state index in [0.717, 1.165) is 5.56 Å². The molecule has 4 heteroatoms. The van der Waals surface area contributed by atoms with Gasteiger partial charge in [-0.2, -0.15) is 0 Å². The lowest BCUT2D eigenvalue weighted by atomic mass is 10.1. The summed E-state index contributed by atoms with van der Waals surface area (Å²) in [6.07, 6.45) is 1.73. The predicted molar refractivity (Wildman–Crippen MR) is 54.0 cm³/mol. The number of hydrogen-bond acceptors (Lipinski definition) is 4. The van der Waals surface area contributed by atoms with Crippen molar-refractivity contribution in [1.82, 2.24) is 4.98 Å². The van der Waals surface area contributed by atoms with Gasteiger partial charge in [0, 0.05) is 12.3 Å². The summed E-state index contributed by atoms with van der Waals surface area (Å²) in [7, 11) is 0. The Morgan fingerprint density at radius 1 is 1.50 bits per heavy atom. The Labute approximate surface area is 83.7 Å². The van der Waals surface area contributed by atoms with Crippen LogP contribution in [0.25, 0.3) is 0 Å². The normalized spacial score (nSPS) is 12.9. The van der Waals surface area contributed by atoms with Crippen molar-refractivity contribution in [3.63, 3.8) is 0 Å². The van der Waals surface area contributed by atoms with Crippen molar-refractivity contribution < 1.29 is 9.84 Å². The van der Waals surface area contributed by atoms with Gasteiger partial charge in [0.1, 0.15) is 0 Å². The third-order valence-electron chi connectivity index (χ3n) is 1.74. The van der Waals surface area contributed by atoms with Gasteiger partial charge in [-0.3, -0.25) is 0 Å². The summed E-state index contributed by atoms with van der Waals surface area (Å²) in [5.74, 6) is 0.578. The van der Waals surface area contributed by atoms with Crippen molar-refractivity contribution in [3.8, 4) is 5.88 Å². The number of rotatable bonds is 4. The van der Waals surface area contributed by atoms with Crippen LogP contribution in [0.15, 0.2) is 18.3 Å². The third kappa shape index (κ3) is 2.97. The van der Waals surface area contributed by atoms with E-state index >= 15 is 0 Å². The van der Waals surface area contributed by atoms with E-state index in [4.69, 9.17) is 15.6 Å². The molecule has 1 unspecified atom stereocenters. The Morgan fingerprint density at radius 3 is 2.64 bits per heavy atom. The summed E-state index contributed by atoms with van der Waals surface area (Å²) in [5, 5.41) is 8.82. The number of aliphatic hydroxyl groups excluding tert-OH is 1. The van der Waals surface area contributed by atoms with E-state index in [1.165, 1.54) is 0 Å². The van der Waals surface area contributed by atoms with E-state index in [1.54, 1.807) is 12.3 Å². The molecule has 1 atom stereocenters. The average Bonchev–Trinajstić information content (AvgIpc) is 2.17. The zero-order valence-electron chi connectivity index (χ0n) is 8.47. The highest BCUT2D eigenvalue weighted by molar-refractivity contribution is 5.20. The first-order chi connectivity index (χ1) is 6.63. The fourth-order valence-electron chi connectivity index (χ4n) is 1.03. The molecule has 78 valence electrons. The molecular formula is C10H16N2O2. The smallest absolute Gasteiger partial charge is 0.213 e. The lowest BCUT2D eigenvalue weighted by molar-refractivity contribution is 0.232. The van der Waals surface area contributed by atoms with Crippen LogP contribution >= 0.6 is 0 Å². The van der Waals surface area contributed by atoms with Crippen LogP contribution in [-0.2, 0) is 0 Å².